The molecule has 0 radical (unpaired) electrons. The number of phenols is 1. The molecule has 0 bridgehead atoms. The maximum Gasteiger partial charge on any atom is 0.219 e. The molecule has 1 aliphatic rings. The SMILES string of the molecule is Cc1cc(C)nc(-n2c3cc(C4CCC4)ccc3c3cc(C)c(Oc4ccc5c(C)ccc(O)c5n4)cc32)c1. The van der Waals surface area contributed by atoms with Gasteiger partial charge in [0.15, 0.2) is 0 Å². The average molecular weight is 514 g/mol. The minimum absolute atomic E-state index is 0.150. The predicted octanol–water partition coefficient (Wildman–Crippen LogP) is 8.73. The van der Waals surface area contributed by atoms with Crippen LogP contribution in [-0.4, -0.2) is 19.6 Å². The Bertz CT molecular complexity index is 1910. The number of aryl methyl sites for hydroxylation is 4. The lowest BCUT2D eigenvalue weighted by molar-refractivity contribution is 0.420. The Balaban J connectivity index is 1.43. The monoisotopic (exact) mass is 513 g/mol. The lowest BCUT2D eigenvalue weighted by atomic mass is 9.80. The number of fused-ring (bicyclic) bond motifs is 4. The van der Waals surface area contributed by atoms with Gasteiger partial charge in [-0.05, 0) is 105 Å². The van der Waals surface area contributed by atoms with E-state index < -0.39 is 0 Å². The summed E-state index contributed by atoms with van der Waals surface area (Å²) in [5.74, 6) is 2.89. The van der Waals surface area contributed by atoms with Crippen LogP contribution in [0.1, 0.15) is 53.1 Å². The molecule has 7 rings (SSSR count). The molecule has 3 aromatic heterocycles. The lowest BCUT2D eigenvalue weighted by Gasteiger charge is -2.26. The molecule has 5 nitrogen and oxygen atoms in total. The van der Waals surface area contributed by atoms with Crippen molar-refractivity contribution in [1.82, 2.24) is 14.5 Å². The van der Waals surface area contributed by atoms with Gasteiger partial charge < -0.3 is 9.84 Å². The molecule has 3 aromatic carbocycles. The molecule has 0 unspecified atom stereocenters. The van der Waals surface area contributed by atoms with Crippen molar-refractivity contribution in [3.63, 3.8) is 0 Å². The molecular weight excluding hydrogens is 482 g/mol. The predicted molar refractivity (Wildman–Crippen MR) is 158 cm³/mol. The first-order chi connectivity index (χ1) is 18.9. The topological polar surface area (TPSA) is 60.2 Å². The van der Waals surface area contributed by atoms with Crippen molar-refractivity contribution in [3.8, 4) is 23.2 Å². The highest BCUT2D eigenvalue weighted by Gasteiger charge is 2.22. The van der Waals surface area contributed by atoms with Gasteiger partial charge in [-0.15, -0.1) is 0 Å². The van der Waals surface area contributed by atoms with E-state index in [-0.39, 0.29) is 5.75 Å². The van der Waals surface area contributed by atoms with Crippen molar-refractivity contribution in [3.05, 3.63) is 94.7 Å². The Hall–Kier alpha value is -4.38. The van der Waals surface area contributed by atoms with Crippen molar-refractivity contribution in [2.24, 2.45) is 0 Å². The summed E-state index contributed by atoms with van der Waals surface area (Å²) in [6.45, 7) is 8.25. The van der Waals surface area contributed by atoms with E-state index >= 15 is 0 Å². The van der Waals surface area contributed by atoms with Gasteiger partial charge in [-0.1, -0.05) is 24.6 Å². The summed E-state index contributed by atoms with van der Waals surface area (Å²) in [7, 11) is 0. The lowest BCUT2D eigenvalue weighted by Crippen LogP contribution is -2.08. The number of phenolic OH excluding ortho intramolecular Hbond substituents is 1. The van der Waals surface area contributed by atoms with Crippen LogP contribution < -0.4 is 4.74 Å². The number of ether oxygens (including phenoxy) is 1. The number of hydrogen-bond donors (Lipinski definition) is 1. The summed E-state index contributed by atoms with van der Waals surface area (Å²) < 4.78 is 8.67. The summed E-state index contributed by atoms with van der Waals surface area (Å²) in [5, 5.41) is 13.7. The smallest absolute Gasteiger partial charge is 0.219 e. The molecule has 5 heteroatoms. The van der Waals surface area contributed by atoms with Gasteiger partial charge >= 0.3 is 0 Å². The van der Waals surface area contributed by atoms with Crippen LogP contribution in [0.2, 0.25) is 0 Å². The first-order valence-corrected chi connectivity index (χ1v) is 13.7. The summed E-state index contributed by atoms with van der Waals surface area (Å²) in [6.07, 6.45) is 3.83. The summed E-state index contributed by atoms with van der Waals surface area (Å²) in [6, 6.07) is 22.9. The van der Waals surface area contributed by atoms with Crippen molar-refractivity contribution in [2.45, 2.75) is 52.9 Å². The molecule has 6 aromatic rings. The van der Waals surface area contributed by atoms with Crippen molar-refractivity contribution in [1.29, 1.82) is 0 Å². The highest BCUT2D eigenvalue weighted by atomic mass is 16.5. The largest absolute Gasteiger partial charge is 0.506 e. The zero-order valence-corrected chi connectivity index (χ0v) is 22.7. The summed E-state index contributed by atoms with van der Waals surface area (Å²) >= 11 is 0. The highest BCUT2D eigenvalue weighted by molar-refractivity contribution is 6.10. The molecule has 1 aliphatic carbocycles. The van der Waals surface area contributed by atoms with Crippen molar-refractivity contribution >= 4 is 32.7 Å². The Morgan fingerprint density at radius 1 is 0.769 bits per heavy atom. The summed E-state index contributed by atoms with van der Waals surface area (Å²) in [4.78, 5) is 9.61. The standard InChI is InChI=1S/C34H31N3O2/c1-19-14-22(4)35-32(15-19)37-28-17-24(23-6-5-7-23)9-10-26(28)27-16-21(3)31(18-29(27)37)39-33-13-11-25-20(2)8-12-30(38)34(25)36-33/h8-18,23,38H,5-7H2,1-4H3. The number of nitrogens with zero attached hydrogens (tertiary/aromatic N) is 3. The van der Waals surface area contributed by atoms with E-state index in [1.807, 2.05) is 32.0 Å². The molecule has 194 valence electrons. The van der Waals surface area contributed by atoms with E-state index in [1.165, 1.54) is 46.7 Å². The van der Waals surface area contributed by atoms with E-state index in [4.69, 9.17) is 9.72 Å². The van der Waals surface area contributed by atoms with Crippen molar-refractivity contribution < 1.29 is 9.84 Å². The number of aromatic hydroxyl groups is 1. The minimum Gasteiger partial charge on any atom is -0.506 e. The second kappa shape index (κ2) is 8.84. The Morgan fingerprint density at radius 2 is 1.56 bits per heavy atom. The van der Waals surface area contributed by atoms with E-state index in [0.717, 1.165) is 39.3 Å². The fourth-order valence-corrected chi connectivity index (χ4v) is 5.95. The maximum atomic E-state index is 10.4. The van der Waals surface area contributed by atoms with Gasteiger partial charge in [-0.2, -0.15) is 0 Å². The molecule has 3 heterocycles. The molecule has 0 aliphatic heterocycles. The second-order valence-electron chi connectivity index (χ2n) is 11.1. The molecule has 0 amide bonds. The minimum atomic E-state index is 0.150. The van der Waals surface area contributed by atoms with Crippen LogP contribution in [-0.2, 0) is 0 Å². The third kappa shape index (κ3) is 3.92. The Labute approximate surface area is 227 Å². The zero-order valence-electron chi connectivity index (χ0n) is 22.7. The van der Waals surface area contributed by atoms with Crippen LogP contribution in [0.25, 0.3) is 38.5 Å². The van der Waals surface area contributed by atoms with E-state index in [0.29, 0.717) is 17.3 Å². The quantitative estimate of drug-likeness (QED) is 0.256. The van der Waals surface area contributed by atoms with Crippen LogP contribution in [0, 0.1) is 27.7 Å². The molecule has 1 N–H and O–H groups in total. The van der Waals surface area contributed by atoms with Gasteiger partial charge in [0.2, 0.25) is 5.88 Å². The molecule has 1 fully saturated rings. The van der Waals surface area contributed by atoms with Crippen LogP contribution in [0.3, 0.4) is 0 Å². The van der Waals surface area contributed by atoms with Gasteiger partial charge in [0.05, 0.1) is 11.0 Å². The third-order valence-electron chi connectivity index (χ3n) is 8.22. The Kier molecular flexibility index (Phi) is 5.37. The number of aromatic nitrogens is 3. The van der Waals surface area contributed by atoms with E-state index in [9.17, 15) is 5.11 Å². The van der Waals surface area contributed by atoms with Gasteiger partial charge in [-0.3, -0.25) is 4.57 Å². The van der Waals surface area contributed by atoms with Gasteiger partial charge in [0, 0.05) is 34.0 Å². The molecule has 0 spiro atoms. The van der Waals surface area contributed by atoms with Gasteiger partial charge in [0.1, 0.15) is 22.8 Å². The van der Waals surface area contributed by atoms with Crippen molar-refractivity contribution in [2.75, 3.05) is 0 Å². The summed E-state index contributed by atoms with van der Waals surface area (Å²) in [5.41, 5.74) is 8.44. The number of benzene rings is 3. The molecular formula is C34H31N3O2. The normalized spacial score (nSPS) is 13.8. The fourth-order valence-electron chi connectivity index (χ4n) is 5.95. The van der Waals surface area contributed by atoms with Crippen LogP contribution in [0.15, 0.2) is 66.7 Å². The number of pyridine rings is 2. The second-order valence-corrected chi connectivity index (χ2v) is 11.1. The molecule has 0 saturated heterocycles. The van der Waals surface area contributed by atoms with Crippen LogP contribution in [0.4, 0.5) is 0 Å². The van der Waals surface area contributed by atoms with E-state index in [2.05, 4.69) is 65.9 Å². The first kappa shape index (κ1) is 23.7. The fraction of sp³-hybridized carbons (Fsp3) is 0.235. The third-order valence-corrected chi connectivity index (χ3v) is 8.22. The van der Waals surface area contributed by atoms with Gasteiger partial charge in [-0.25, -0.2) is 9.97 Å². The Morgan fingerprint density at radius 3 is 2.33 bits per heavy atom. The maximum absolute atomic E-state index is 10.4. The first-order valence-electron chi connectivity index (χ1n) is 13.7. The van der Waals surface area contributed by atoms with E-state index in [1.54, 1.807) is 6.07 Å². The van der Waals surface area contributed by atoms with Crippen LogP contribution in [0.5, 0.6) is 17.4 Å². The number of hydrogen-bond acceptors (Lipinski definition) is 4. The van der Waals surface area contributed by atoms with Crippen LogP contribution >= 0.6 is 0 Å². The highest BCUT2D eigenvalue weighted by Crippen LogP contribution is 2.41. The molecule has 39 heavy (non-hydrogen) atoms. The molecule has 0 atom stereocenters. The number of rotatable bonds is 4. The molecule has 1 saturated carbocycles. The van der Waals surface area contributed by atoms with Gasteiger partial charge in [0.25, 0.3) is 0 Å². The average Bonchev–Trinajstić information content (AvgIpc) is 3.17. The zero-order chi connectivity index (χ0) is 26.8.